The quantitative estimate of drug-likeness (QED) is 0.107. The molecule has 0 spiro atoms. The third-order valence-corrected chi connectivity index (χ3v) is 21.8. The second-order valence-corrected chi connectivity index (χ2v) is 27.7. The Labute approximate surface area is 618 Å². The first-order chi connectivity index (χ1) is 52.6. The molecule has 0 N–H and O–H groups in total. The van der Waals surface area contributed by atoms with Crippen LogP contribution in [0.25, 0.3) is 139 Å². The van der Waals surface area contributed by atoms with Crippen molar-refractivity contribution < 1.29 is 0 Å². The van der Waals surface area contributed by atoms with Gasteiger partial charge >= 0.3 is 0 Å². The summed E-state index contributed by atoms with van der Waals surface area (Å²) in [5.41, 5.74) is 36.4. The van der Waals surface area contributed by atoms with Gasteiger partial charge in [0.15, 0.2) is 0 Å². The highest BCUT2D eigenvalue weighted by atomic mass is 15.2. The van der Waals surface area contributed by atoms with Gasteiger partial charge in [0.25, 0.3) is 6.71 Å². The Balaban J connectivity index is 0.977. The Bertz CT molecular complexity index is 5960. The Morgan fingerprint density at radius 3 is 0.887 bits per heavy atom. The minimum atomic E-state index is -0.271. The third kappa shape index (κ3) is 10.5. The van der Waals surface area contributed by atoms with Gasteiger partial charge in [-0.2, -0.15) is 0 Å². The first-order valence-corrected chi connectivity index (χ1v) is 36.7. The van der Waals surface area contributed by atoms with Crippen molar-refractivity contribution in [3.63, 3.8) is 0 Å². The fourth-order valence-electron chi connectivity index (χ4n) is 17.1. The van der Waals surface area contributed by atoms with Crippen molar-refractivity contribution in [3.05, 3.63) is 413 Å². The van der Waals surface area contributed by atoms with E-state index in [1.165, 1.54) is 49.4 Å². The molecule has 494 valence electrons. The molecule has 20 rings (SSSR count). The van der Waals surface area contributed by atoms with Crippen molar-refractivity contribution in [2.75, 3.05) is 9.80 Å². The highest BCUT2D eigenvalue weighted by Crippen LogP contribution is 2.55. The van der Waals surface area contributed by atoms with Gasteiger partial charge in [0.05, 0.1) is 22.4 Å². The number of rotatable bonds is 13. The van der Waals surface area contributed by atoms with Gasteiger partial charge in [0.2, 0.25) is 0 Å². The van der Waals surface area contributed by atoms with E-state index in [-0.39, 0.29) is 6.71 Å². The van der Waals surface area contributed by atoms with Crippen molar-refractivity contribution in [2.45, 2.75) is 0 Å². The lowest BCUT2D eigenvalue weighted by atomic mass is 9.33. The third-order valence-electron chi connectivity index (χ3n) is 21.8. The van der Waals surface area contributed by atoms with E-state index in [9.17, 15) is 0 Å². The molecule has 3 heterocycles. The Morgan fingerprint density at radius 1 is 0.189 bits per heavy atom. The fraction of sp³-hybridized carbons (Fsp3) is 0. The maximum absolute atomic E-state index is 2.69. The number of aromatic nitrogens is 1. The van der Waals surface area contributed by atoms with Gasteiger partial charge in [-0.1, -0.05) is 358 Å². The van der Waals surface area contributed by atoms with Crippen LogP contribution in [0.15, 0.2) is 413 Å². The second-order valence-electron chi connectivity index (χ2n) is 27.7. The van der Waals surface area contributed by atoms with Gasteiger partial charge in [-0.3, -0.25) is 0 Å². The smallest absolute Gasteiger partial charge is 0.252 e. The summed E-state index contributed by atoms with van der Waals surface area (Å²) in [6, 6.07) is 154. The molecule has 17 aromatic carbocycles. The van der Waals surface area contributed by atoms with Crippen LogP contribution in [0.5, 0.6) is 0 Å². The zero-order valence-electron chi connectivity index (χ0n) is 58.2. The van der Waals surface area contributed by atoms with Gasteiger partial charge in [0.1, 0.15) is 0 Å². The number of hydrogen-bond acceptors (Lipinski definition) is 2. The summed E-state index contributed by atoms with van der Waals surface area (Å²) in [5.74, 6) is 0. The molecular formula is C102H68BN3. The molecule has 0 unspecified atom stereocenters. The summed E-state index contributed by atoms with van der Waals surface area (Å²) in [7, 11) is 0. The monoisotopic (exact) mass is 1350 g/mol. The minimum absolute atomic E-state index is 0.271. The van der Waals surface area contributed by atoms with E-state index in [4.69, 9.17) is 0 Å². The van der Waals surface area contributed by atoms with E-state index in [1.54, 1.807) is 0 Å². The van der Waals surface area contributed by atoms with Crippen molar-refractivity contribution in [1.29, 1.82) is 0 Å². The molecule has 2 aliphatic heterocycles. The lowest BCUT2D eigenvalue weighted by Gasteiger charge is -2.46. The molecule has 0 aliphatic carbocycles. The first-order valence-electron chi connectivity index (χ1n) is 36.7. The highest BCUT2D eigenvalue weighted by molar-refractivity contribution is 7.00. The number of anilines is 6. The molecule has 0 fully saturated rings. The molecule has 0 saturated carbocycles. The number of nitrogens with zero attached hydrogens (tertiary/aromatic N) is 3. The molecule has 2 aliphatic rings. The minimum Gasteiger partial charge on any atom is -0.310 e. The molecule has 1 aromatic heterocycles. The zero-order valence-corrected chi connectivity index (χ0v) is 58.2. The van der Waals surface area contributed by atoms with Gasteiger partial charge in [0, 0.05) is 67.0 Å². The van der Waals surface area contributed by atoms with Gasteiger partial charge in [-0.25, -0.2) is 0 Å². The maximum atomic E-state index is 2.69. The molecule has 3 nitrogen and oxygen atoms in total. The van der Waals surface area contributed by atoms with Crippen molar-refractivity contribution in [1.82, 2.24) is 4.57 Å². The SMILES string of the molecule is c1ccc(-c2ccccc2-c2ccc3c(c2)N(c2c(-c4ccccc4)cccc2-c2ccccc2)c2cc(-c4cc(-c5ccccc5)c5c(c4)c4ccccc4n5-c4ccccc4)cc4c2B3c2ccc(-c3ccccc3-c3ccccc3)cc2N4c2c(-c3ccccc3)cccc2-c2ccccc2)cc1. The number of hydrogen-bond donors (Lipinski definition) is 0. The number of para-hydroxylation sites is 4. The van der Waals surface area contributed by atoms with E-state index in [2.05, 4.69) is 427 Å². The van der Waals surface area contributed by atoms with Gasteiger partial charge < -0.3 is 14.4 Å². The molecule has 106 heavy (non-hydrogen) atoms. The van der Waals surface area contributed by atoms with Crippen LogP contribution in [-0.2, 0) is 0 Å². The fourth-order valence-corrected chi connectivity index (χ4v) is 17.1. The van der Waals surface area contributed by atoms with E-state index in [0.29, 0.717) is 0 Å². The van der Waals surface area contributed by atoms with Gasteiger partial charge in [-0.05, 0) is 154 Å². The van der Waals surface area contributed by atoms with E-state index < -0.39 is 0 Å². The first kappa shape index (κ1) is 62.0. The van der Waals surface area contributed by atoms with Crippen molar-refractivity contribution in [3.8, 4) is 117 Å². The summed E-state index contributed by atoms with van der Waals surface area (Å²) in [5, 5.41) is 2.36. The Kier molecular flexibility index (Phi) is 15.3. The predicted octanol–water partition coefficient (Wildman–Crippen LogP) is 25.5. The van der Waals surface area contributed by atoms with Crippen molar-refractivity contribution in [2.24, 2.45) is 0 Å². The number of fused-ring (bicyclic) bond motifs is 7. The molecule has 0 bridgehead atoms. The topological polar surface area (TPSA) is 11.4 Å². The Morgan fingerprint density at radius 2 is 0.491 bits per heavy atom. The highest BCUT2D eigenvalue weighted by Gasteiger charge is 2.46. The zero-order chi connectivity index (χ0) is 70.0. The lowest BCUT2D eigenvalue weighted by Crippen LogP contribution is -2.61. The molecule has 0 amide bonds. The van der Waals surface area contributed by atoms with E-state index in [0.717, 1.165) is 140 Å². The van der Waals surface area contributed by atoms with Crippen LogP contribution in [0.4, 0.5) is 34.1 Å². The van der Waals surface area contributed by atoms with Crippen LogP contribution in [0.3, 0.4) is 0 Å². The summed E-state index contributed by atoms with van der Waals surface area (Å²) in [6.07, 6.45) is 0. The normalized spacial score (nSPS) is 12.1. The van der Waals surface area contributed by atoms with Crippen LogP contribution in [0.2, 0.25) is 0 Å². The summed E-state index contributed by atoms with van der Waals surface area (Å²) in [6.45, 7) is -0.271. The molecule has 4 heteroatoms. The summed E-state index contributed by atoms with van der Waals surface area (Å²) < 4.78 is 2.48. The lowest BCUT2D eigenvalue weighted by molar-refractivity contribution is 1.18. The molecular weight excluding hydrogens is 1280 g/mol. The molecule has 0 saturated heterocycles. The summed E-state index contributed by atoms with van der Waals surface area (Å²) >= 11 is 0. The maximum Gasteiger partial charge on any atom is 0.252 e. The standard InChI is InChI=1S/C102H68BN3/c1-9-33-69(34-10-1)81-49-25-27-51-83(81)76-59-61-92-95(65-76)105(100-85(71-37-13-3-14-38-71)54-31-55-86(100)72-39-15-4-16-40-72)97-67-79(78-63-90(75-45-21-7-22-46-75)102-91(64-78)89-53-29-30-58-94(89)104(102)80-47-23-8-24-48-80)68-98-99(97)103(92)93-62-60-77(84-52-28-26-50-82(84)70-35-11-2-12-36-70)66-96(93)106(98)101-87(73-41-17-5-18-42-73)56-32-57-88(101)74-43-19-6-20-44-74/h1-68H. The predicted molar refractivity (Wildman–Crippen MR) is 449 cm³/mol. The van der Waals surface area contributed by atoms with Crippen LogP contribution in [0, 0.1) is 0 Å². The largest absolute Gasteiger partial charge is 0.310 e. The second kappa shape index (κ2) is 26.2. The molecule has 18 aromatic rings. The van der Waals surface area contributed by atoms with Crippen LogP contribution < -0.4 is 26.2 Å². The molecule has 0 atom stereocenters. The average molecular weight is 1350 g/mol. The van der Waals surface area contributed by atoms with Crippen LogP contribution in [-0.4, -0.2) is 11.3 Å². The van der Waals surface area contributed by atoms with Crippen LogP contribution in [0.1, 0.15) is 0 Å². The van der Waals surface area contributed by atoms with E-state index >= 15 is 0 Å². The number of benzene rings is 17. The summed E-state index contributed by atoms with van der Waals surface area (Å²) in [4.78, 5) is 5.39. The Hall–Kier alpha value is -13.8. The molecule has 0 radical (unpaired) electrons. The van der Waals surface area contributed by atoms with Crippen molar-refractivity contribution >= 4 is 79.0 Å². The van der Waals surface area contributed by atoms with Crippen LogP contribution >= 0.6 is 0 Å². The van der Waals surface area contributed by atoms with E-state index in [1.807, 2.05) is 0 Å². The van der Waals surface area contributed by atoms with Gasteiger partial charge in [-0.15, -0.1) is 0 Å². The average Bonchev–Trinajstić information content (AvgIpc) is 0.909.